The highest BCUT2D eigenvalue weighted by Crippen LogP contribution is 2.29. The molecule has 0 aliphatic carbocycles. The molecule has 16 heavy (non-hydrogen) atoms. The van der Waals surface area contributed by atoms with E-state index in [2.05, 4.69) is 10.3 Å². The van der Waals surface area contributed by atoms with Gasteiger partial charge >= 0.3 is 0 Å². The number of rotatable bonds is 3. The minimum absolute atomic E-state index is 0.130. The number of hydrogen-bond acceptors (Lipinski definition) is 3. The Bertz CT molecular complexity index is 346. The highest BCUT2D eigenvalue weighted by atomic mass is 32.1. The van der Waals surface area contributed by atoms with E-state index in [0.29, 0.717) is 11.7 Å². The predicted molar refractivity (Wildman–Crippen MR) is 61.2 cm³/mol. The first kappa shape index (κ1) is 11.9. The van der Waals surface area contributed by atoms with Gasteiger partial charge in [-0.25, -0.2) is 13.8 Å². The van der Waals surface area contributed by atoms with Crippen LogP contribution in [0.3, 0.4) is 0 Å². The fourth-order valence-electron chi connectivity index (χ4n) is 2.06. The van der Waals surface area contributed by atoms with Gasteiger partial charge in [-0.15, -0.1) is 11.3 Å². The van der Waals surface area contributed by atoms with Crippen LogP contribution in [-0.4, -0.2) is 17.6 Å². The summed E-state index contributed by atoms with van der Waals surface area (Å²) in [6.45, 7) is 2.70. The van der Waals surface area contributed by atoms with Gasteiger partial charge in [-0.1, -0.05) is 6.42 Å². The molecule has 0 spiro atoms. The van der Waals surface area contributed by atoms with Crippen molar-refractivity contribution >= 4 is 11.3 Å². The molecule has 1 unspecified atom stereocenters. The Morgan fingerprint density at radius 3 is 2.88 bits per heavy atom. The third-order valence-electron chi connectivity index (χ3n) is 2.91. The van der Waals surface area contributed by atoms with Crippen LogP contribution in [0.2, 0.25) is 0 Å². The second-order valence-electron chi connectivity index (χ2n) is 4.21. The first-order valence-corrected chi connectivity index (χ1v) is 6.46. The van der Waals surface area contributed by atoms with E-state index in [4.69, 9.17) is 0 Å². The van der Waals surface area contributed by atoms with Crippen LogP contribution in [0.1, 0.15) is 41.3 Å². The summed E-state index contributed by atoms with van der Waals surface area (Å²) >= 11 is 1.16. The van der Waals surface area contributed by atoms with Crippen molar-refractivity contribution in [3.8, 4) is 0 Å². The van der Waals surface area contributed by atoms with E-state index in [-0.39, 0.29) is 4.88 Å². The lowest BCUT2D eigenvalue weighted by molar-refractivity contribution is 0.154. The van der Waals surface area contributed by atoms with Gasteiger partial charge in [-0.3, -0.25) is 0 Å². The van der Waals surface area contributed by atoms with Crippen LogP contribution in [0.25, 0.3) is 0 Å². The lowest BCUT2D eigenvalue weighted by Crippen LogP contribution is -2.35. The molecule has 5 heteroatoms. The molecule has 2 heterocycles. The van der Waals surface area contributed by atoms with Crippen molar-refractivity contribution in [3.63, 3.8) is 0 Å². The molecule has 0 amide bonds. The molecule has 1 saturated heterocycles. The van der Waals surface area contributed by atoms with Crippen LogP contribution in [0.15, 0.2) is 0 Å². The lowest BCUT2D eigenvalue weighted by Gasteiger charge is -2.22. The Morgan fingerprint density at radius 1 is 1.50 bits per heavy atom. The summed E-state index contributed by atoms with van der Waals surface area (Å²) in [4.78, 5) is 4.35. The van der Waals surface area contributed by atoms with E-state index in [9.17, 15) is 8.78 Å². The molecule has 90 valence electrons. The zero-order valence-corrected chi connectivity index (χ0v) is 10.1. The molecule has 1 aromatic heterocycles. The molecule has 1 N–H and O–H groups in total. The molecular weight excluding hydrogens is 230 g/mol. The molecule has 0 saturated carbocycles. The fourth-order valence-corrected chi connectivity index (χ4v) is 3.07. The molecule has 2 nitrogen and oxygen atoms in total. The van der Waals surface area contributed by atoms with Crippen molar-refractivity contribution < 1.29 is 8.78 Å². The Balaban J connectivity index is 2.01. The fraction of sp³-hybridized carbons (Fsp3) is 0.727. The molecule has 1 atom stereocenters. The number of aryl methyl sites for hydroxylation is 1. The average Bonchev–Trinajstić information content (AvgIpc) is 2.61. The number of aromatic nitrogens is 1. The molecule has 1 aromatic rings. The van der Waals surface area contributed by atoms with E-state index in [1.807, 2.05) is 0 Å². The van der Waals surface area contributed by atoms with E-state index in [0.717, 1.165) is 35.7 Å². The molecular formula is C11H16F2N2S. The maximum Gasteiger partial charge on any atom is 0.274 e. The highest BCUT2D eigenvalue weighted by molar-refractivity contribution is 7.11. The number of halogens is 2. The maximum absolute atomic E-state index is 12.6. The smallest absolute Gasteiger partial charge is 0.274 e. The molecule has 0 aromatic carbocycles. The molecule has 0 bridgehead atoms. The van der Waals surface area contributed by atoms with Crippen molar-refractivity contribution in [2.75, 3.05) is 6.54 Å². The van der Waals surface area contributed by atoms with Crippen LogP contribution in [0.4, 0.5) is 8.78 Å². The number of nitrogens with one attached hydrogen (secondary N) is 1. The van der Waals surface area contributed by atoms with E-state index in [1.54, 1.807) is 6.92 Å². The average molecular weight is 246 g/mol. The van der Waals surface area contributed by atoms with Gasteiger partial charge in [0, 0.05) is 12.5 Å². The van der Waals surface area contributed by atoms with Gasteiger partial charge in [0.15, 0.2) is 0 Å². The second kappa shape index (κ2) is 5.19. The highest BCUT2D eigenvalue weighted by Gasteiger charge is 2.19. The minimum Gasteiger partial charge on any atom is -0.314 e. The van der Waals surface area contributed by atoms with Crippen LogP contribution in [0.5, 0.6) is 0 Å². The third kappa shape index (κ3) is 2.77. The number of hydrogen-bond donors (Lipinski definition) is 1. The van der Waals surface area contributed by atoms with Gasteiger partial charge in [-0.05, 0) is 26.3 Å². The summed E-state index contributed by atoms with van der Waals surface area (Å²) in [6.07, 6.45) is 1.98. The standard InChI is InChI=1S/C11H16F2N2S/c1-7-10(11(12)13)16-9(15-7)6-8-4-2-3-5-14-8/h8,11,14H,2-6H2,1H3. The summed E-state index contributed by atoms with van der Waals surface area (Å²) in [7, 11) is 0. The topological polar surface area (TPSA) is 24.9 Å². The molecule has 0 radical (unpaired) electrons. The van der Waals surface area contributed by atoms with Crippen LogP contribution < -0.4 is 5.32 Å². The SMILES string of the molecule is Cc1nc(CC2CCCCN2)sc1C(F)F. The first-order chi connectivity index (χ1) is 7.66. The van der Waals surface area contributed by atoms with Gasteiger partial charge in [0.05, 0.1) is 15.6 Å². The van der Waals surface area contributed by atoms with Crippen molar-refractivity contribution in [2.45, 2.75) is 45.1 Å². The zero-order valence-electron chi connectivity index (χ0n) is 9.30. The zero-order chi connectivity index (χ0) is 11.5. The summed E-state index contributed by atoms with van der Waals surface area (Å²) in [5, 5.41) is 4.24. The minimum atomic E-state index is -2.38. The number of alkyl halides is 2. The molecule has 1 aliphatic heterocycles. The second-order valence-corrected chi connectivity index (χ2v) is 5.32. The molecule has 1 fully saturated rings. The number of thiazole rings is 1. The number of piperidine rings is 1. The Kier molecular flexibility index (Phi) is 3.86. The van der Waals surface area contributed by atoms with E-state index >= 15 is 0 Å². The van der Waals surface area contributed by atoms with Crippen LogP contribution in [0, 0.1) is 6.92 Å². The Morgan fingerprint density at radius 2 is 2.31 bits per heavy atom. The third-order valence-corrected chi connectivity index (χ3v) is 4.10. The predicted octanol–water partition coefficient (Wildman–Crippen LogP) is 3.07. The normalized spacial score (nSPS) is 21.6. The number of nitrogens with zero attached hydrogens (tertiary/aromatic N) is 1. The quantitative estimate of drug-likeness (QED) is 0.886. The van der Waals surface area contributed by atoms with Gasteiger partial charge in [-0.2, -0.15) is 0 Å². The van der Waals surface area contributed by atoms with Gasteiger partial charge in [0.25, 0.3) is 6.43 Å². The monoisotopic (exact) mass is 246 g/mol. The summed E-state index contributed by atoms with van der Waals surface area (Å²) in [5.41, 5.74) is 0.491. The lowest BCUT2D eigenvalue weighted by atomic mass is 10.0. The van der Waals surface area contributed by atoms with Gasteiger partial charge in [0.2, 0.25) is 0 Å². The molecule has 2 rings (SSSR count). The van der Waals surface area contributed by atoms with Gasteiger partial charge < -0.3 is 5.32 Å². The van der Waals surface area contributed by atoms with Crippen molar-refractivity contribution in [3.05, 3.63) is 15.6 Å². The van der Waals surface area contributed by atoms with Crippen molar-refractivity contribution in [2.24, 2.45) is 0 Å². The van der Waals surface area contributed by atoms with E-state index in [1.165, 1.54) is 12.8 Å². The maximum atomic E-state index is 12.6. The Labute approximate surface area is 98.1 Å². The summed E-state index contributed by atoms with van der Waals surface area (Å²) in [6, 6.07) is 0.421. The molecule has 1 aliphatic rings. The largest absolute Gasteiger partial charge is 0.314 e. The van der Waals surface area contributed by atoms with Crippen LogP contribution >= 0.6 is 11.3 Å². The first-order valence-electron chi connectivity index (χ1n) is 5.64. The Hall–Kier alpha value is -0.550. The summed E-state index contributed by atoms with van der Waals surface area (Å²) in [5.74, 6) is 0. The summed E-state index contributed by atoms with van der Waals surface area (Å²) < 4.78 is 25.1. The van der Waals surface area contributed by atoms with E-state index < -0.39 is 6.43 Å². The van der Waals surface area contributed by atoms with Crippen LogP contribution in [-0.2, 0) is 6.42 Å². The van der Waals surface area contributed by atoms with Crippen molar-refractivity contribution in [1.29, 1.82) is 0 Å². The van der Waals surface area contributed by atoms with Crippen molar-refractivity contribution in [1.82, 2.24) is 10.3 Å². The van der Waals surface area contributed by atoms with Gasteiger partial charge in [0.1, 0.15) is 0 Å².